The van der Waals surface area contributed by atoms with Gasteiger partial charge in [0.2, 0.25) is 0 Å². The molecular formula is C17H23ClN4O. The van der Waals surface area contributed by atoms with Crippen molar-refractivity contribution in [1.29, 1.82) is 0 Å². The van der Waals surface area contributed by atoms with Gasteiger partial charge in [-0.25, -0.2) is 0 Å². The van der Waals surface area contributed by atoms with Crippen molar-refractivity contribution >= 4 is 18.3 Å². The van der Waals surface area contributed by atoms with Gasteiger partial charge in [0.15, 0.2) is 0 Å². The fourth-order valence-corrected chi connectivity index (χ4v) is 3.10. The molecule has 1 heterocycles. The number of hydrogen-bond donors (Lipinski definition) is 2. The summed E-state index contributed by atoms with van der Waals surface area (Å²) in [6, 6.07) is 10.3. The number of nitrogens with two attached hydrogens (primary N) is 1. The van der Waals surface area contributed by atoms with Gasteiger partial charge in [0, 0.05) is 12.2 Å². The average molecular weight is 335 g/mol. The van der Waals surface area contributed by atoms with Gasteiger partial charge in [0.05, 0.1) is 18.3 Å². The Hall–Kier alpha value is -1.85. The number of nitrogens with one attached hydrogen (secondary N) is 1. The van der Waals surface area contributed by atoms with Crippen molar-refractivity contribution in [1.82, 2.24) is 15.1 Å². The number of carbonyl (C=O) groups excluding carboxylic acids is 1. The number of nitrogens with zero attached hydrogens (tertiary/aromatic N) is 2. The van der Waals surface area contributed by atoms with Gasteiger partial charge in [0.1, 0.15) is 0 Å². The summed E-state index contributed by atoms with van der Waals surface area (Å²) in [5, 5.41) is 7.38. The van der Waals surface area contributed by atoms with Gasteiger partial charge in [-0.15, -0.1) is 12.4 Å². The van der Waals surface area contributed by atoms with E-state index in [0.29, 0.717) is 24.6 Å². The van der Waals surface area contributed by atoms with Crippen LogP contribution in [-0.4, -0.2) is 28.3 Å². The summed E-state index contributed by atoms with van der Waals surface area (Å²) in [4.78, 5) is 12.3. The highest BCUT2D eigenvalue weighted by Gasteiger charge is 2.27. The molecule has 1 aliphatic rings. The quantitative estimate of drug-likeness (QED) is 0.880. The Labute approximate surface area is 142 Å². The summed E-state index contributed by atoms with van der Waals surface area (Å²) in [6.07, 6.45) is 6.69. The number of halogens is 1. The van der Waals surface area contributed by atoms with Crippen molar-refractivity contribution in [3.63, 3.8) is 0 Å². The van der Waals surface area contributed by atoms with Crippen LogP contribution in [0.4, 0.5) is 0 Å². The first kappa shape index (κ1) is 17.5. The Bertz CT molecular complexity index is 629. The van der Waals surface area contributed by atoms with Crippen LogP contribution in [0.2, 0.25) is 0 Å². The first-order chi connectivity index (χ1) is 10.8. The first-order valence-corrected chi connectivity index (χ1v) is 7.83. The number of amides is 1. The summed E-state index contributed by atoms with van der Waals surface area (Å²) in [5.74, 6) is 0.355. The van der Waals surface area contributed by atoms with E-state index in [-0.39, 0.29) is 24.4 Å². The van der Waals surface area contributed by atoms with Crippen molar-refractivity contribution in [3.05, 3.63) is 53.9 Å². The molecule has 0 bridgehead atoms. The maximum Gasteiger partial charge on any atom is 0.254 e. The SMILES string of the molecule is Cl.NCC1CCCC1NC(=O)c1cnn(Cc2ccccc2)c1. The van der Waals surface area contributed by atoms with Crippen LogP contribution in [0.1, 0.15) is 35.2 Å². The van der Waals surface area contributed by atoms with Crippen molar-refractivity contribution in [2.45, 2.75) is 31.8 Å². The number of carbonyl (C=O) groups is 1. The molecule has 0 aliphatic heterocycles. The fraction of sp³-hybridized carbons (Fsp3) is 0.412. The Morgan fingerprint density at radius 1 is 1.30 bits per heavy atom. The molecule has 2 aromatic rings. The maximum atomic E-state index is 12.3. The van der Waals surface area contributed by atoms with Gasteiger partial charge >= 0.3 is 0 Å². The number of rotatable bonds is 5. The van der Waals surface area contributed by atoms with Crippen LogP contribution >= 0.6 is 12.4 Å². The van der Waals surface area contributed by atoms with Crippen LogP contribution in [0, 0.1) is 5.92 Å². The maximum absolute atomic E-state index is 12.3. The first-order valence-electron chi connectivity index (χ1n) is 7.83. The molecule has 0 spiro atoms. The smallest absolute Gasteiger partial charge is 0.254 e. The van der Waals surface area contributed by atoms with Crippen LogP contribution in [0.5, 0.6) is 0 Å². The van der Waals surface area contributed by atoms with Gasteiger partial charge in [0.25, 0.3) is 5.91 Å². The molecule has 3 rings (SSSR count). The molecular weight excluding hydrogens is 312 g/mol. The molecule has 2 atom stereocenters. The summed E-state index contributed by atoms with van der Waals surface area (Å²) in [7, 11) is 0. The van der Waals surface area contributed by atoms with E-state index in [0.717, 1.165) is 24.8 Å². The van der Waals surface area contributed by atoms with Crippen molar-refractivity contribution < 1.29 is 4.79 Å². The molecule has 23 heavy (non-hydrogen) atoms. The van der Waals surface area contributed by atoms with Gasteiger partial charge in [-0.2, -0.15) is 5.10 Å². The second-order valence-electron chi connectivity index (χ2n) is 5.92. The predicted molar refractivity (Wildman–Crippen MR) is 92.7 cm³/mol. The largest absolute Gasteiger partial charge is 0.349 e. The van der Waals surface area contributed by atoms with Crippen LogP contribution in [0.3, 0.4) is 0 Å². The Balaban J connectivity index is 0.00000192. The molecule has 1 fully saturated rings. The van der Waals surface area contributed by atoms with Crippen LogP contribution in [0.25, 0.3) is 0 Å². The third-order valence-electron chi connectivity index (χ3n) is 4.36. The number of hydrogen-bond acceptors (Lipinski definition) is 3. The molecule has 6 heteroatoms. The van der Waals surface area contributed by atoms with E-state index in [9.17, 15) is 4.79 Å². The lowest BCUT2D eigenvalue weighted by Crippen LogP contribution is -2.39. The zero-order valence-corrected chi connectivity index (χ0v) is 13.8. The molecule has 0 saturated heterocycles. The Kier molecular flexibility index (Phi) is 6.19. The molecule has 1 aromatic heterocycles. The van der Waals surface area contributed by atoms with E-state index >= 15 is 0 Å². The van der Waals surface area contributed by atoms with Crippen LogP contribution in [0.15, 0.2) is 42.7 Å². The van der Waals surface area contributed by atoms with E-state index < -0.39 is 0 Å². The molecule has 5 nitrogen and oxygen atoms in total. The van der Waals surface area contributed by atoms with E-state index in [1.54, 1.807) is 17.1 Å². The molecule has 0 radical (unpaired) electrons. The molecule has 1 aromatic carbocycles. The lowest BCUT2D eigenvalue weighted by molar-refractivity contribution is 0.0928. The van der Waals surface area contributed by atoms with Crippen LogP contribution in [-0.2, 0) is 6.54 Å². The Morgan fingerprint density at radius 3 is 2.83 bits per heavy atom. The molecule has 1 saturated carbocycles. The normalized spacial score (nSPS) is 20.0. The molecule has 124 valence electrons. The average Bonchev–Trinajstić information content (AvgIpc) is 3.17. The summed E-state index contributed by atoms with van der Waals surface area (Å²) < 4.78 is 1.79. The van der Waals surface area contributed by atoms with Crippen molar-refractivity contribution in [2.24, 2.45) is 11.7 Å². The monoisotopic (exact) mass is 334 g/mol. The zero-order valence-electron chi connectivity index (χ0n) is 13.0. The molecule has 3 N–H and O–H groups in total. The van der Waals surface area contributed by atoms with E-state index in [1.807, 2.05) is 30.3 Å². The number of aromatic nitrogens is 2. The topological polar surface area (TPSA) is 72.9 Å². The minimum Gasteiger partial charge on any atom is -0.349 e. The second kappa shape index (κ2) is 8.13. The van der Waals surface area contributed by atoms with Gasteiger partial charge in [-0.1, -0.05) is 36.8 Å². The van der Waals surface area contributed by atoms with Gasteiger partial charge < -0.3 is 11.1 Å². The summed E-state index contributed by atoms with van der Waals surface area (Å²) >= 11 is 0. The van der Waals surface area contributed by atoms with Gasteiger partial charge in [-0.05, 0) is 30.9 Å². The van der Waals surface area contributed by atoms with Gasteiger partial charge in [-0.3, -0.25) is 9.48 Å². The number of benzene rings is 1. The highest BCUT2D eigenvalue weighted by Crippen LogP contribution is 2.24. The standard InChI is InChI=1S/C17H22N4O.ClH/c18-9-14-7-4-8-16(14)20-17(22)15-10-19-21(12-15)11-13-5-2-1-3-6-13;/h1-3,5-6,10,12,14,16H,4,7-9,11,18H2,(H,20,22);1H. The van der Waals surface area contributed by atoms with E-state index in [4.69, 9.17) is 5.73 Å². The third-order valence-corrected chi connectivity index (χ3v) is 4.36. The lowest BCUT2D eigenvalue weighted by Gasteiger charge is -2.18. The Morgan fingerprint density at radius 2 is 2.09 bits per heavy atom. The van der Waals surface area contributed by atoms with Crippen molar-refractivity contribution in [3.8, 4) is 0 Å². The summed E-state index contributed by atoms with van der Waals surface area (Å²) in [5.41, 5.74) is 7.53. The van der Waals surface area contributed by atoms with E-state index in [2.05, 4.69) is 10.4 Å². The van der Waals surface area contributed by atoms with Crippen LogP contribution < -0.4 is 11.1 Å². The highest BCUT2D eigenvalue weighted by molar-refractivity contribution is 5.93. The molecule has 1 amide bonds. The highest BCUT2D eigenvalue weighted by atomic mass is 35.5. The van der Waals surface area contributed by atoms with E-state index in [1.165, 1.54) is 0 Å². The fourth-order valence-electron chi connectivity index (χ4n) is 3.10. The molecule has 1 aliphatic carbocycles. The molecule has 2 unspecified atom stereocenters. The second-order valence-corrected chi connectivity index (χ2v) is 5.92. The van der Waals surface area contributed by atoms with Crippen molar-refractivity contribution in [2.75, 3.05) is 6.54 Å². The predicted octanol–water partition coefficient (Wildman–Crippen LogP) is 2.21. The lowest BCUT2D eigenvalue weighted by atomic mass is 10.0. The third kappa shape index (κ3) is 4.33. The minimum absolute atomic E-state index is 0. The summed E-state index contributed by atoms with van der Waals surface area (Å²) in [6.45, 7) is 1.31. The minimum atomic E-state index is -0.0512. The zero-order chi connectivity index (χ0) is 15.4.